The van der Waals surface area contributed by atoms with Crippen molar-refractivity contribution < 1.29 is 14.3 Å². The van der Waals surface area contributed by atoms with E-state index in [4.69, 9.17) is 9.47 Å². The van der Waals surface area contributed by atoms with E-state index in [1.165, 1.54) is 51.8 Å². The molecule has 0 aromatic heterocycles. The number of ether oxygens (including phenoxy) is 2. The van der Waals surface area contributed by atoms with E-state index in [9.17, 15) is 4.79 Å². The minimum absolute atomic E-state index is 0.0494. The zero-order valence-corrected chi connectivity index (χ0v) is 25.1. The molecule has 0 spiro atoms. The predicted octanol–water partition coefficient (Wildman–Crippen LogP) is 8.50. The molecular formula is C30H45NO3Sn. The summed E-state index contributed by atoms with van der Waals surface area (Å²) in [5.41, 5.74) is 2.17. The molecule has 0 radical (unpaired) electrons. The number of unbranched alkanes of at least 4 members (excludes halogenated alkanes) is 3. The van der Waals surface area contributed by atoms with E-state index >= 15 is 0 Å². The summed E-state index contributed by atoms with van der Waals surface area (Å²) in [5.74, 6) is 0. The molecule has 1 fully saturated rings. The van der Waals surface area contributed by atoms with Gasteiger partial charge in [0.25, 0.3) is 0 Å². The Bertz CT molecular complexity index is 854. The fourth-order valence-electron chi connectivity index (χ4n) is 5.50. The first-order valence-electron chi connectivity index (χ1n) is 13.8. The summed E-state index contributed by atoms with van der Waals surface area (Å²) in [6.07, 6.45) is 6.98. The Hall–Kier alpha value is -1.53. The van der Waals surface area contributed by atoms with Gasteiger partial charge in [-0.2, -0.15) is 0 Å². The number of rotatable bonds is 13. The Morgan fingerprint density at radius 2 is 1.37 bits per heavy atom. The molecule has 2 aromatic rings. The van der Waals surface area contributed by atoms with Crippen molar-refractivity contribution in [2.75, 3.05) is 0 Å². The molecule has 1 aliphatic rings. The number of carbonyl (C=O) groups is 1. The molecule has 2 aromatic carbocycles. The first-order valence-corrected chi connectivity index (χ1v) is 21.5. The van der Waals surface area contributed by atoms with Crippen LogP contribution in [0.25, 0.3) is 0 Å². The molecule has 0 unspecified atom stereocenters. The summed E-state index contributed by atoms with van der Waals surface area (Å²) in [5, 5.41) is 0. The van der Waals surface area contributed by atoms with Crippen molar-refractivity contribution in [2.24, 2.45) is 0 Å². The Labute approximate surface area is 217 Å². The van der Waals surface area contributed by atoms with Crippen LogP contribution in [-0.2, 0) is 16.1 Å². The Balaban J connectivity index is 1.96. The normalized spacial score (nSPS) is 20.2. The van der Waals surface area contributed by atoms with E-state index < -0.39 is 18.4 Å². The van der Waals surface area contributed by atoms with E-state index in [1.807, 2.05) is 41.3 Å². The molecular weight excluding hydrogens is 541 g/mol. The monoisotopic (exact) mass is 587 g/mol. The molecule has 1 heterocycles. The number of hydrogen-bond donors (Lipinski definition) is 0. The van der Waals surface area contributed by atoms with Crippen LogP contribution in [0.5, 0.6) is 0 Å². The molecule has 3 atom stereocenters. The second kappa shape index (κ2) is 14.3. The summed E-state index contributed by atoms with van der Waals surface area (Å²) >= 11 is -2.95. The third-order valence-electron chi connectivity index (χ3n) is 7.56. The fourth-order valence-corrected chi connectivity index (χ4v) is 22.7. The molecule has 1 aliphatic heterocycles. The summed E-state index contributed by atoms with van der Waals surface area (Å²) in [6.45, 7) is 9.30. The van der Waals surface area contributed by atoms with E-state index in [1.54, 1.807) is 0 Å². The van der Waals surface area contributed by atoms with Gasteiger partial charge in [-0.3, -0.25) is 0 Å². The van der Waals surface area contributed by atoms with Crippen LogP contribution in [0, 0.1) is 0 Å². The molecule has 0 aliphatic carbocycles. The van der Waals surface area contributed by atoms with Crippen LogP contribution in [0.15, 0.2) is 60.7 Å². The first kappa shape index (κ1) is 28.0. The van der Waals surface area contributed by atoms with Gasteiger partial charge in [-0.15, -0.1) is 0 Å². The van der Waals surface area contributed by atoms with Crippen molar-refractivity contribution in [2.45, 2.75) is 103 Å². The second-order valence-corrected chi connectivity index (χ2v) is 23.6. The number of carbonyl (C=O) groups excluding carboxylic acids is 1. The van der Waals surface area contributed by atoms with Crippen LogP contribution in [-0.4, -0.2) is 39.7 Å². The zero-order valence-electron chi connectivity index (χ0n) is 22.2. The molecule has 3 rings (SSSR count). The van der Waals surface area contributed by atoms with Crippen molar-refractivity contribution in [3.8, 4) is 0 Å². The zero-order chi connectivity index (χ0) is 25.1. The van der Waals surface area contributed by atoms with Gasteiger partial charge in [0.1, 0.15) is 0 Å². The van der Waals surface area contributed by atoms with Crippen molar-refractivity contribution in [1.29, 1.82) is 0 Å². The Morgan fingerprint density at radius 1 is 0.857 bits per heavy atom. The van der Waals surface area contributed by atoms with Crippen molar-refractivity contribution in [3.05, 3.63) is 71.8 Å². The van der Waals surface area contributed by atoms with Gasteiger partial charge >= 0.3 is 218 Å². The molecule has 0 bridgehead atoms. The number of amides is 1. The third-order valence-corrected chi connectivity index (χ3v) is 23.3. The van der Waals surface area contributed by atoms with Gasteiger partial charge in [0, 0.05) is 0 Å². The van der Waals surface area contributed by atoms with Gasteiger partial charge in [-0.1, -0.05) is 0 Å². The van der Waals surface area contributed by atoms with Crippen LogP contribution < -0.4 is 0 Å². The summed E-state index contributed by atoms with van der Waals surface area (Å²) < 4.78 is 16.7. The summed E-state index contributed by atoms with van der Waals surface area (Å²) in [4.78, 5) is 15.8. The van der Waals surface area contributed by atoms with E-state index in [0.29, 0.717) is 6.61 Å². The molecule has 192 valence electrons. The molecule has 5 heteroatoms. The molecule has 4 nitrogen and oxygen atoms in total. The van der Waals surface area contributed by atoms with Crippen LogP contribution in [0.3, 0.4) is 0 Å². The molecule has 35 heavy (non-hydrogen) atoms. The van der Waals surface area contributed by atoms with E-state index in [0.717, 1.165) is 11.1 Å². The SMILES string of the molecule is CCC[CH2][Sn]([CH2]CCC)([CH2]CCC)[C@@H]1O[C@H](c2ccccc2)[C@H](C)N1C(=O)OCc1ccccc1. The van der Waals surface area contributed by atoms with Crippen LogP contribution in [0.2, 0.25) is 13.3 Å². The van der Waals surface area contributed by atoms with Crippen molar-refractivity contribution in [1.82, 2.24) is 4.90 Å². The topological polar surface area (TPSA) is 38.8 Å². The molecule has 1 amide bonds. The summed E-state index contributed by atoms with van der Waals surface area (Å²) in [7, 11) is 0. The van der Waals surface area contributed by atoms with Gasteiger partial charge in [-0.25, -0.2) is 0 Å². The number of nitrogens with zero attached hydrogens (tertiary/aromatic N) is 1. The standard InChI is InChI=1S/C18H18NO3.3C4H9.Sn/c1-14-17(16-10-6-3-7-11-16)22-13-19(14)18(20)21-12-15-8-4-2-5-9-15;3*1-3-4-2;/h2-11,13-14,17H,12H2,1H3;3*1,3-4H2,2H3;/t14-,17-;;;;/m0..../s1. The molecule has 0 N–H and O–H groups in total. The number of hydrogen-bond acceptors (Lipinski definition) is 3. The summed E-state index contributed by atoms with van der Waals surface area (Å²) in [6, 6.07) is 20.4. The average Bonchev–Trinajstić information content (AvgIpc) is 3.25. The van der Waals surface area contributed by atoms with Gasteiger partial charge in [0.2, 0.25) is 0 Å². The van der Waals surface area contributed by atoms with Gasteiger partial charge in [0.15, 0.2) is 0 Å². The average molecular weight is 586 g/mol. The predicted molar refractivity (Wildman–Crippen MR) is 147 cm³/mol. The first-order chi connectivity index (χ1) is 17.1. The fraction of sp³-hybridized carbons (Fsp3) is 0.567. The maximum atomic E-state index is 13.7. The van der Waals surface area contributed by atoms with Crippen molar-refractivity contribution in [3.63, 3.8) is 0 Å². The minimum atomic E-state index is -2.95. The van der Waals surface area contributed by atoms with Crippen LogP contribution >= 0.6 is 0 Å². The second-order valence-electron chi connectivity index (χ2n) is 10.2. The number of benzene rings is 2. The van der Waals surface area contributed by atoms with Crippen LogP contribution in [0.4, 0.5) is 4.79 Å². The van der Waals surface area contributed by atoms with Crippen LogP contribution in [0.1, 0.15) is 83.5 Å². The van der Waals surface area contributed by atoms with Crippen molar-refractivity contribution >= 4 is 24.5 Å². The van der Waals surface area contributed by atoms with E-state index in [2.05, 4.69) is 52.0 Å². The van der Waals surface area contributed by atoms with Gasteiger partial charge in [-0.05, 0) is 0 Å². The quantitative estimate of drug-likeness (QED) is 0.221. The van der Waals surface area contributed by atoms with Gasteiger partial charge in [0.05, 0.1) is 0 Å². The Kier molecular flexibility index (Phi) is 11.4. The van der Waals surface area contributed by atoms with Gasteiger partial charge < -0.3 is 0 Å². The Morgan fingerprint density at radius 3 is 1.89 bits per heavy atom. The van der Waals surface area contributed by atoms with E-state index in [-0.39, 0.29) is 22.5 Å². The third kappa shape index (κ3) is 7.25. The molecule has 1 saturated heterocycles. The molecule has 0 saturated carbocycles. The maximum absolute atomic E-state index is 13.7.